The fourth-order valence-corrected chi connectivity index (χ4v) is 3.80. The first kappa shape index (κ1) is 12.2. The summed E-state index contributed by atoms with van der Waals surface area (Å²) in [5, 5.41) is 4.51. The highest BCUT2D eigenvalue weighted by atomic mass is 15.3. The first-order chi connectivity index (χ1) is 9.88. The third-order valence-corrected chi connectivity index (χ3v) is 4.88. The summed E-state index contributed by atoms with van der Waals surface area (Å²) in [5.41, 5.74) is 2.47. The summed E-state index contributed by atoms with van der Waals surface area (Å²) < 4.78 is 2.09. The minimum atomic E-state index is 0.865. The minimum absolute atomic E-state index is 0.865. The lowest BCUT2D eigenvalue weighted by Crippen LogP contribution is -2.34. The number of likely N-dealkylation sites (tertiary alicyclic amines) is 1. The molecule has 0 radical (unpaired) electrons. The van der Waals surface area contributed by atoms with Crippen molar-refractivity contribution in [3.05, 3.63) is 42.7 Å². The predicted octanol–water partition coefficient (Wildman–Crippen LogP) is 3.03. The molecule has 2 heterocycles. The zero-order chi connectivity index (χ0) is 13.4. The zero-order valence-corrected chi connectivity index (χ0v) is 11.8. The summed E-state index contributed by atoms with van der Waals surface area (Å²) in [4.78, 5) is 2.66. The van der Waals surface area contributed by atoms with Gasteiger partial charge in [0, 0.05) is 30.9 Å². The largest absolute Gasteiger partial charge is 0.298 e. The van der Waals surface area contributed by atoms with Crippen LogP contribution in [0.2, 0.25) is 0 Å². The van der Waals surface area contributed by atoms with E-state index in [1.807, 2.05) is 6.20 Å². The van der Waals surface area contributed by atoms with Crippen molar-refractivity contribution in [1.82, 2.24) is 14.7 Å². The van der Waals surface area contributed by atoms with Gasteiger partial charge in [-0.05, 0) is 30.7 Å². The van der Waals surface area contributed by atoms with Crippen LogP contribution in [0.5, 0.6) is 0 Å². The number of nitrogens with zero attached hydrogens (tertiary/aromatic N) is 3. The average molecular weight is 267 g/mol. The van der Waals surface area contributed by atoms with Crippen LogP contribution in [0.15, 0.2) is 42.7 Å². The van der Waals surface area contributed by atoms with E-state index in [-0.39, 0.29) is 0 Å². The molecule has 3 nitrogen and oxygen atoms in total. The number of fused-ring (bicyclic) bond motifs is 2. The van der Waals surface area contributed by atoms with Gasteiger partial charge in [-0.1, -0.05) is 30.3 Å². The Balaban J connectivity index is 1.39. The number of hydrogen-bond acceptors (Lipinski definition) is 2. The second kappa shape index (κ2) is 5.06. The zero-order valence-electron chi connectivity index (χ0n) is 11.8. The van der Waals surface area contributed by atoms with Gasteiger partial charge in [0.05, 0.1) is 12.7 Å². The van der Waals surface area contributed by atoms with Gasteiger partial charge in [0.1, 0.15) is 0 Å². The Bertz CT molecular complexity index is 575. The van der Waals surface area contributed by atoms with Gasteiger partial charge >= 0.3 is 0 Å². The van der Waals surface area contributed by atoms with E-state index in [1.54, 1.807) is 0 Å². The van der Waals surface area contributed by atoms with Crippen LogP contribution in [-0.4, -0.2) is 33.8 Å². The van der Waals surface area contributed by atoms with Gasteiger partial charge in [-0.15, -0.1) is 0 Å². The quantitative estimate of drug-likeness (QED) is 0.849. The number of rotatable bonds is 4. The summed E-state index contributed by atoms with van der Waals surface area (Å²) >= 11 is 0. The van der Waals surface area contributed by atoms with E-state index in [0.717, 1.165) is 25.0 Å². The van der Waals surface area contributed by atoms with Crippen LogP contribution in [0.3, 0.4) is 0 Å². The standard InChI is InChI=1S/C17H21N3/c1-2-4-15(5-3-1)16-11-18-20(13-16)9-8-19-12-14-6-7-17(19)10-14/h1-5,11,13-14,17H,6-10,12H2. The molecule has 20 heavy (non-hydrogen) atoms. The predicted molar refractivity (Wildman–Crippen MR) is 80.4 cm³/mol. The van der Waals surface area contributed by atoms with E-state index in [0.29, 0.717) is 0 Å². The fourth-order valence-electron chi connectivity index (χ4n) is 3.80. The summed E-state index contributed by atoms with van der Waals surface area (Å²) in [6, 6.07) is 11.4. The molecule has 2 fully saturated rings. The Morgan fingerprint density at radius 3 is 2.70 bits per heavy atom. The smallest absolute Gasteiger partial charge is 0.0568 e. The summed E-state index contributed by atoms with van der Waals surface area (Å²) in [7, 11) is 0. The Kier molecular flexibility index (Phi) is 3.07. The van der Waals surface area contributed by atoms with Gasteiger partial charge in [-0.2, -0.15) is 5.10 Å². The Morgan fingerprint density at radius 1 is 1.05 bits per heavy atom. The van der Waals surface area contributed by atoms with Crippen molar-refractivity contribution >= 4 is 0 Å². The molecule has 104 valence electrons. The monoisotopic (exact) mass is 267 g/mol. The second-order valence-corrected chi connectivity index (χ2v) is 6.19. The van der Waals surface area contributed by atoms with Crippen molar-refractivity contribution < 1.29 is 0 Å². The van der Waals surface area contributed by atoms with E-state index < -0.39 is 0 Å². The molecule has 3 heteroatoms. The van der Waals surface area contributed by atoms with Crippen molar-refractivity contribution in [3.63, 3.8) is 0 Å². The molecular weight excluding hydrogens is 246 g/mol. The minimum Gasteiger partial charge on any atom is -0.298 e. The lowest BCUT2D eigenvalue weighted by molar-refractivity contribution is 0.203. The van der Waals surface area contributed by atoms with Crippen LogP contribution in [-0.2, 0) is 6.54 Å². The maximum atomic E-state index is 4.51. The average Bonchev–Trinajstić information content (AvgIpc) is 3.22. The molecule has 0 amide bonds. The van der Waals surface area contributed by atoms with Crippen LogP contribution >= 0.6 is 0 Å². The topological polar surface area (TPSA) is 21.1 Å². The first-order valence-corrected chi connectivity index (χ1v) is 7.70. The SMILES string of the molecule is c1ccc(-c2cnn(CCN3CC4CCC3C4)c2)cc1. The Hall–Kier alpha value is -1.61. The summed E-state index contributed by atoms with van der Waals surface area (Å²) in [6.07, 6.45) is 8.46. The molecule has 1 saturated carbocycles. The number of hydrogen-bond donors (Lipinski definition) is 0. The molecule has 2 bridgehead atoms. The normalized spacial score (nSPS) is 25.4. The maximum absolute atomic E-state index is 4.51. The Morgan fingerprint density at radius 2 is 1.95 bits per heavy atom. The van der Waals surface area contributed by atoms with Gasteiger partial charge in [-0.3, -0.25) is 9.58 Å². The van der Waals surface area contributed by atoms with Crippen LogP contribution in [0.4, 0.5) is 0 Å². The molecule has 2 atom stereocenters. The van der Waals surface area contributed by atoms with Crippen LogP contribution in [0, 0.1) is 5.92 Å². The summed E-state index contributed by atoms with van der Waals surface area (Å²) in [5.74, 6) is 0.984. The second-order valence-electron chi connectivity index (χ2n) is 6.19. The van der Waals surface area contributed by atoms with Gasteiger partial charge in [0.2, 0.25) is 0 Å². The van der Waals surface area contributed by atoms with Crippen molar-refractivity contribution in [2.24, 2.45) is 5.92 Å². The molecule has 0 spiro atoms. The van der Waals surface area contributed by atoms with Gasteiger partial charge in [0.15, 0.2) is 0 Å². The molecule has 1 aromatic heterocycles. The van der Waals surface area contributed by atoms with E-state index in [2.05, 4.69) is 51.2 Å². The third-order valence-electron chi connectivity index (χ3n) is 4.88. The van der Waals surface area contributed by atoms with Gasteiger partial charge < -0.3 is 0 Å². The third kappa shape index (κ3) is 2.27. The fraction of sp³-hybridized carbons (Fsp3) is 0.471. The van der Waals surface area contributed by atoms with Crippen molar-refractivity contribution in [2.75, 3.05) is 13.1 Å². The van der Waals surface area contributed by atoms with Crippen molar-refractivity contribution in [2.45, 2.75) is 31.8 Å². The molecule has 1 aromatic carbocycles. The molecule has 1 aliphatic carbocycles. The summed E-state index contributed by atoms with van der Waals surface area (Å²) in [6.45, 7) is 3.48. The maximum Gasteiger partial charge on any atom is 0.0568 e. The van der Waals surface area contributed by atoms with E-state index >= 15 is 0 Å². The molecule has 2 unspecified atom stereocenters. The van der Waals surface area contributed by atoms with Crippen LogP contribution in [0.25, 0.3) is 11.1 Å². The number of aromatic nitrogens is 2. The van der Waals surface area contributed by atoms with Crippen molar-refractivity contribution in [3.8, 4) is 11.1 Å². The highest BCUT2D eigenvalue weighted by Gasteiger charge is 2.37. The lowest BCUT2D eigenvalue weighted by atomic mass is 10.1. The lowest BCUT2D eigenvalue weighted by Gasteiger charge is -2.26. The molecule has 2 aliphatic rings. The van der Waals surface area contributed by atoms with Crippen LogP contribution < -0.4 is 0 Å². The highest BCUT2D eigenvalue weighted by Crippen LogP contribution is 2.37. The van der Waals surface area contributed by atoms with Gasteiger partial charge in [0.25, 0.3) is 0 Å². The van der Waals surface area contributed by atoms with Crippen molar-refractivity contribution in [1.29, 1.82) is 0 Å². The van der Waals surface area contributed by atoms with E-state index in [1.165, 1.54) is 36.9 Å². The Labute approximate surface area is 120 Å². The van der Waals surface area contributed by atoms with E-state index in [9.17, 15) is 0 Å². The number of benzene rings is 1. The van der Waals surface area contributed by atoms with Crippen LogP contribution in [0.1, 0.15) is 19.3 Å². The molecule has 2 aromatic rings. The molecule has 1 aliphatic heterocycles. The molecular formula is C17H21N3. The molecule has 1 saturated heterocycles. The first-order valence-electron chi connectivity index (χ1n) is 7.70. The molecule has 4 rings (SSSR count). The number of piperidine rings is 1. The van der Waals surface area contributed by atoms with Gasteiger partial charge in [-0.25, -0.2) is 0 Å². The highest BCUT2D eigenvalue weighted by molar-refractivity contribution is 5.61. The van der Waals surface area contributed by atoms with E-state index in [4.69, 9.17) is 0 Å². The molecule has 0 N–H and O–H groups in total.